The Kier molecular flexibility index (Phi) is 16.0. The van der Waals surface area contributed by atoms with E-state index in [9.17, 15) is 23.9 Å². The van der Waals surface area contributed by atoms with Crippen molar-refractivity contribution in [2.75, 3.05) is 19.8 Å². The van der Waals surface area contributed by atoms with Crippen LogP contribution in [0.3, 0.4) is 0 Å². The summed E-state index contributed by atoms with van der Waals surface area (Å²) < 4.78 is 44.4. The Labute approximate surface area is 346 Å². The van der Waals surface area contributed by atoms with Crippen LogP contribution >= 0.6 is 0 Å². The van der Waals surface area contributed by atoms with Crippen LogP contribution in [-0.4, -0.2) is 60.6 Å². The van der Waals surface area contributed by atoms with Crippen molar-refractivity contribution in [2.24, 2.45) is 0 Å². The van der Waals surface area contributed by atoms with Gasteiger partial charge in [-0.3, -0.25) is 9.59 Å². The molecule has 2 unspecified atom stereocenters. The van der Waals surface area contributed by atoms with Crippen LogP contribution in [0.25, 0.3) is 11.1 Å². The molecule has 3 N–H and O–H groups in total. The summed E-state index contributed by atoms with van der Waals surface area (Å²) in [7, 11) is 0. The van der Waals surface area contributed by atoms with Crippen LogP contribution in [0.1, 0.15) is 89.0 Å². The van der Waals surface area contributed by atoms with Gasteiger partial charge in [-0.15, -0.1) is 0 Å². The van der Waals surface area contributed by atoms with Crippen molar-refractivity contribution in [3.63, 3.8) is 0 Å². The third-order valence-electron chi connectivity index (χ3n) is 9.70. The van der Waals surface area contributed by atoms with Crippen molar-refractivity contribution in [2.45, 2.75) is 110 Å². The summed E-state index contributed by atoms with van der Waals surface area (Å²) in [5, 5.41) is 15.0. The van der Waals surface area contributed by atoms with Crippen LogP contribution in [0.15, 0.2) is 78.9 Å². The largest absolute Gasteiger partial charge is 0.493 e. The van der Waals surface area contributed by atoms with E-state index in [1.54, 1.807) is 32.9 Å². The molecule has 1 aliphatic heterocycles. The molecular formula is C47H57FN2O9. The van der Waals surface area contributed by atoms with E-state index in [-0.39, 0.29) is 25.2 Å². The Morgan fingerprint density at radius 3 is 2.32 bits per heavy atom. The molecule has 4 aromatic rings. The van der Waals surface area contributed by atoms with Gasteiger partial charge >= 0.3 is 12.1 Å². The lowest BCUT2D eigenvalue weighted by atomic mass is 9.96. The van der Waals surface area contributed by atoms with Gasteiger partial charge in [0, 0.05) is 36.2 Å². The minimum atomic E-state index is -1.07. The number of hydrogen-bond acceptors (Lipinski definition) is 8. The number of alkyl carbamates (subject to hydrolysis) is 1. The highest BCUT2D eigenvalue weighted by Gasteiger charge is 2.31. The zero-order valence-corrected chi connectivity index (χ0v) is 34.7. The molecule has 0 radical (unpaired) electrons. The highest BCUT2D eigenvalue weighted by molar-refractivity contribution is 5.82. The average Bonchev–Trinajstić information content (AvgIpc) is 3.20. The van der Waals surface area contributed by atoms with E-state index < -0.39 is 35.7 Å². The fourth-order valence-electron chi connectivity index (χ4n) is 6.84. The minimum Gasteiger partial charge on any atom is -0.493 e. The zero-order chi connectivity index (χ0) is 42.4. The van der Waals surface area contributed by atoms with E-state index >= 15 is 0 Å². The van der Waals surface area contributed by atoms with E-state index in [4.69, 9.17) is 23.7 Å². The van der Waals surface area contributed by atoms with Crippen molar-refractivity contribution in [1.29, 1.82) is 0 Å². The van der Waals surface area contributed by atoms with Gasteiger partial charge in [0.25, 0.3) is 5.91 Å². The molecule has 2 amide bonds. The third-order valence-corrected chi connectivity index (χ3v) is 9.70. The van der Waals surface area contributed by atoms with Crippen LogP contribution < -0.4 is 29.6 Å². The molecule has 59 heavy (non-hydrogen) atoms. The van der Waals surface area contributed by atoms with Crippen molar-refractivity contribution in [3.8, 4) is 34.1 Å². The maximum atomic E-state index is 13.8. The van der Waals surface area contributed by atoms with Gasteiger partial charge in [0.05, 0.1) is 19.6 Å². The second-order valence-corrected chi connectivity index (χ2v) is 15.6. The number of carbonyl (C=O) groups excluding carboxylic acids is 2. The number of ether oxygens (including phenoxy) is 5. The van der Waals surface area contributed by atoms with Crippen molar-refractivity contribution in [3.05, 3.63) is 107 Å². The number of carbonyl (C=O) groups is 3. The van der Waals surface area contributed by atoms with E-state index in [1.165, 1.54) is 12.1 Å². The van der Waals surface area contributed by atoms with Crippen LogP contribution in [0, 0.1) is 5.82 Å². The molecule has 0 bridgehead atoms. The predicted octanol–water partition coefficient (Wildman–Crippen LogP) is 9.00. The molecule has 0 fully saturated rings. The minimum absolute atomic E-state index is 0.127. The quantitative estimate of drug-likeness (QED) is 0.0746. The molecule has 0 aliphatic carbocycles. The number of rotatable bonds is 20. The van der Waals surface area contributed by atoms with Gasteiger partial charge in [-0.05, 0) is 99.4 Å². The standard InChI is InChI=1S/C47H57FN2O9/c1-6-12-37-39(21-17-34-18-22-40(58-44(34)37)45(53)50-36(28-43(51)52)23-24-49-46(54)59-47(3,4)5)55-25-11-26-56-41-29-42(57-30-31-13-9-8-10-14-31)38(27-32(41)7-2)33-15-19-35(48)20-16-33/h8-10,13-17,19-21,27,29,36,40H,6-7,11-12,18,22-26,28,30H2,1-5H3,(H,49,54)(H,50,53)(H,51,52). The summed E-state index contributed by atoms with van der Waals surface area (Å²) in [6, 6.07) is 23.5. The number of aliphatic carboxylic acids is 1. The lowest BCUT2D eigenvalue weighted by Gasteiger charge is -2.29. The first kappa shape index (κ1) is 44.3. The van der Waals surface area contributed by atoms with E-state index in [0.29, 0.717) is 68.5 Å². The molecular weight excluding hydrogens is 756 g/mol. The summed E-state index contributed by atoms with van der Waals surface area (Å²) in [4.78, 5) is 37.2. The normalized spacial score (nSPS) is 14.0. The second kappa shape index (κ2) is 21.3. The van der Waals surface area contributed by atoms with Crippen LogP contribution in [0.2, 0.25) is 0 Å². The van der Waals surface area contributed by atoms with Gasteiger partial charge in [0.15, 0.2) is 6.10 Å². The highest BCUT2D eigenvalue weighted by atomic mass is 19.1. The monoisotopic (exact) mass is 812 g/mol. The summed E-state index contributed by atoms with van der Waals surface area (Å²) in [6.07, 6.45) is 2.31. The molecule has 4 aromatic carbocycles. The average molecular weight is 813 g/mol. The fraction of sp³-hybridized carbons (Fsp3) is 0.426. The third kappa shape index (κ3) is 13.4. The molecule has 1 aliphatic rings. The molecule has 11 nitrogen and oxygen atoms in total. The number of carboxylic acids is 1. The summed E-state index contributed by atoms with van der Waals surface area (Å²) in [6.45, 7) is 10.6. The Balaban J connectivity index is 1.21. The summed E-state index contributed by atoms with van der Waals surface area (Å²) in [5.41, 5.74) is 4.93. The zero-order valence-electron chi connectivity index (χ0n) is 34.7. The topological polar surface area (TPSA) is 142 Å². The molecule has 12 heteroatoms. The number of aryl methyl sites for hydroxylation is 2. The number of nitrogens with one attached hydrogen (secondary N) is 2. The molecule has 2 atom stereocenters. The molecule has 0 saturated heterocycles. The van der Waals surface area contributed by atoms with Gasteiger partial charge < -0.3 is 39.4 Å². The van der Waals surface area contributed by atoms with E-state index in [2.05, 4.69) is 24.5 Å². The van der Waals surface area contributed by atoms with Crippen LogP contribution in [-0.2, 0) is 40.2 Å². The van der Waals surface area contributed by atoms with Gasteiger partial charge in [-0.1, -0.05) is 68.8 Å². The van der Waals surface area contributed by atoms with Gasteiger partial charge in [0.1, 0.15) is 41.0 Å². The van der Waals surface area contributed by atoms with Gasteiger partial charge in [0.2, 0.25) is 0 Å². The first-order valence-electron chi connectivity index (χ1n) is 20.5. The Bertz CT molecular complexity index is 2010. The Morgan fingerprint density at radius 2 is 1.64 bits per heavy atom. The molecule has 0 saturated carbocycles. The van der Waals surface area contributed by atoms with Gasteiger partial charge in [-0.2, -0.15) is 0 Å². The number of carboxylic acid groups (broad SMARTS) is 1. The van der Waals surface area contributed by atoms with Crippen LogP contribution in [0.5, 0.6) is 23.0 Å². The lowest BCUT2D eigenvalue weighted by Crippen LogP contribution is -2.47. The molecule has 1 heterocycles. The molecule has 316 valence electrons. The van der Waals surface area contributed by atoms with Crippen molar-refractivity contribution >= 4 is 18.0 Å². The van der Waals surface area contributed by atoms with Crippen LogP contribution in [0.4, 0.5) is 9.18 Å². The molecule has 0 spiro atoms. The van der Waals surface area contributed by atoms with Crippen molar-refractivity contribution < 1.29 is 47.6 Å². The Morgan fingerprint density at radius 1 is 0.915 bits per heavy atom. The smallest absolute Gasteiger partial charge is 0.407 e. The SMILES string of the molecule is CCCc1c(OCCCOc2cc(OCc3ccccc3)c(-c3ccc(F)cc3)cc2CC)ccc2c1OC(C(=O)NC(CCNC(=O)OC(C)(C)C)CC(=O)O)CC2. The Hall–Kier alpha value is -5.78. The maximum absolute atomic E-state index is 13.8. The predicted molar refractivity (Wildman–Crippen MR) is 224 cm³/mol. The number of amides is 2. The number of halogens is 1. The number of hydrogen-bond donors (Lipinski definition) is 3. The van der Waals surface area contributed by atoms with Gasteiger partial charge in [-0.25, -0.2) is 9.18 Å². The van der Waals surface area contributed by atoms with E-state index in [0.717, 1.165) is 46.2 Å². The van der Waals surface area contributed by atoms with Crippen molar-refractivity contribution in [1.82, 2.24) is 10.6 Å². The molecule has 0 aromatic heterocycles. The first-order valence-corrected chi connectivity index (χ1v) is 20.5. The maximum Gasteiger partial charge on any atom is 0.407 e. The highest BCUT2D eigenvalue weighted by Crippen LogP contribution is 2.39. The second-order valence-electron chi connectivity index (χ2n) is 15.6. The summed E-state index contributed by atoms with van der Waals surface area (Å²) >= 11 is 0. The van der Waals surface area contributed by atoms with E-state index in [1.807, 2.05) is 54.6 Å². The summed E-state index contributed by atoms with van der Waals surface area (Å²) in [5.74, 6) is 0.885. The lowest BCUT2D eigenvalue weighted by molar-refractivity contribution is -0.138. The number of benzene rings is 4. The fourth-order valence-corrected chi connectivity index (χ4v) is 6.84. The first-order chi connectivity index (χ1) is 28.3. The number of fused-ring (bicyclic) bond motifs is 1. The molecule has 5 rings (SSSR count).